The Balaban J connectivity index is 2.06. The molecule has 1 aromatic carbocycles. The number of nitrogens with one attached hydrogen (secondary N) is 1. The molecule has 18 heavy (non-hydrogen) atoms. The smallest absolute Gasteiger partial charge is 0.243 e. The first-order chi connectivity index (χ1) is 8.79. The number of rotatable bonds is 4. The second-order valence-corrected chi connectivity index (χ2v) is 3.85. The van der Waals surface area contributed by atoms with Crippen LogP contribution in [0.3, 0.4) is 0 Å². The van der Waals surface area contributed by atoms with E-state index in [4.69, 9.17) is 0 Å². The lowest BCUT2D eigenvalue weighted by atomic mass is 10.1. The van der Waals surface area contributed by atoms with E-state index < -0.39 is 0 Å². The Kier molecular flexibility index (Phi) is 3.86. The van der Waals surface area contributed by atoms with Crippen LogP contribution in [0.4, 0.5) is 0 Å². The van der Waals surface area contributed by atoms with Crippen LogP contribution in [0.1, 0.15) is 5.56 Å². The standard InChI is InChI=1S/C15H14N2O/c1-2-15(18)17-11-12-3-5-13(6-4-12)14-7-9-16-10-8-14/h2-10H,1,11H2,(H,17,18). The van der Waals surface area contributed by atoms with E-state index in [1.54, 1.807) is 12.4 Å². The molecule has 0 unspecified atom stereocenters. The number of benzene rings is 1. The number of amides is 1. The van der Waals surface area contributed by atoms with Gasteiger partial charge in [-0.25, -0.2) is 0 Å². The van der Waals surface area contributed by atoms with Gasteiger partial charge in [-0.2, -0.15) is 0 Å². The van der Waals surface area contributed by atoms with Crippen molar-refractivity contribution in [3.63, 3.8) is 0 Å². The summed E-state index contributed by atoms with van der Waals surface area (Å²) in [5, 5.41) is 2.74. The minimum atomic E-state index is -0.159. The van der Waals surface area contributed by atoms with Crippen molar-refractivity contribution in [1.29, 1.82) is 0 Å². The predicted octanol–water partition coefficient (Wildman–Crippen LogP) is 2.55. The molecule has 2 rings (SSSR count). The Morgan fingerprint density at radius 1 is 1.11 bits per heavy atom. The summed E-state index contributed by atoms with van der Waals surface area (Å²) >= 11 is 0. The minimum Gasteiger partial charge on any atom is -0.348 e. The molecule has 0 saturated carbocycles. The molecule has 0 fully saturated rings. The van der Waals surface area contributed by atoms with E-state index in [1.165, 1.54) is 6.08 Å². The molecular weight excluding hydrogens is 224 g/mol. The number of carbonyl (C=O) groups is 1. The van der Waals surface area contributed by atoms with Crippen LogP contribution in [0.25, 0.3) is 11.1 Å². The van der Waals surface area contributed by atoms with Crippen molar-refractivity contribution < 1.29 is 4.79 Å². The second kappa shape index (κ2) is 5.77. The average molecular weight is 238 g/mol. The third-order valence-corrected chi connectivity index (χ3v) is 2.62. The minimum absolute atomic E-state index is 0.159. The highest BCUT2D eigenvalue weighted by atomic mass is 16.1. The van der Waals surface area contributed by atoms with E-state index >= 15 is 0 Å². The molecule has 0 aliphatic heterocycles. The Labute approximate surface area is 106 Å². The molecule has 1 N–H and O–H groups in total. The Bertz CT molecular complexity index is 532. The largest absolute Gasteiger partial charge is 0.348 e. The van der Waals surface area contributed by atoms with Gasteiger partial charge in [0, 0.05) is 18.9 Å². The highest BCUT2D eigenvalue weighted by Gasteiger charge is 1.98. The molecule has 3 heteroatoms. The number of hydrogen-bond donors (Lipinski definition) is 1. The van der Waals surface area contributed by atoms with E-state index in [1.807, 2.05) is 36.4 Å². The van der Waals surface area contributed by atoms with Crippen LogP contribution in [-0.2, 0) is 11.3 Å². The fourth-order valence-corrected chi connectivity index (χ4v) is 1.62. The maximum absolute atomic E-state index is 11.0. The first-order valence-corrected chi connectivity index (χ1v) is 5.69. The summed E-state index contributed by atoms with van der Waals surface area (Å²) in [4.78, 5) is 15.0. The van der Waals surface area contributed by atoms with Crippen molar-refractivity contribution >= 4 is 5.91 Å². The fraction of sp³-hybridized carbons (Fsp3) is 0.0667. The summed E-state index contributed by atoms with van der Waals surface area (Å²) in [6, 6.07) is 12.0. The van der Waals surface area contributed by atoms with Gasteiger partial charge in [-0.15, -0.1) is 0 Å². The Morgan fingerprint density at radius 2 is 1.72 bits per heavy atom. The third kappa shape index (κ3) is 3.04. The second-order valence-electron chi connectivity index (χ2n) is 3.85. The number of pyridine rings is 1. The average Bonchev–Trinajstić information content (AvgIpc) is 2.46. The third-order valence-electron chi connectivity index (χ3n) is 2.62. The fourth-order valence-electron chi connectivity index (χ4n) is 1.62. The highest BCUT2D eigenvalue weighted by molar-refractivity contribution is 5.86. The first kappa shape index (κ1) is 12.0. The zero-order valence-electron chi connectivity index (χ0n) is 9.97. The van der Waals surface area contributed by atoms with Crippen LogP contribution in [0.2, 0.25) is 0 Å². The van der Waals surface area contributed by atoms with Gasteiger partial charge in [0.2, 0.25) is 5.91 Å². The number of carbonyl (C=O) groups excluding carboxylic acids is 1. The molecule has 0 aliphatic rings. The van der Waals surface area contributed by atoms with Gasteiger partial charge < -0.3 is 5.32 Å². The lowest BCUT2D eigenvalue weighted by molar-refractivity contribution is -0.116. The molecule has 0 bridgehead atoms. The van der Waals surface area contributed by atoms with Gasteiger partial charge in [0.05, 0.1) is 0 Å². The first-order valence-electron chi connectivity index (χ1n) is 5.69. The van der Waals surface area contributed by atoms with E-state index in [0.717, 1.165) is 16.7 Å². The van der Waals surface area contributed by atoms with Crippen LogP contribution < -0.4 is 5.32 Å². The highest BCUT2D eigenvalue weighted by Crippen LogP contribution is 2.18. The molecule has 2 aromatic rings. The number of hydrogen-bond acceptors (Lipinski definition) is 2. The Morgan fingerprint density at radius 3 is 2.33 bits per heavy atom. The molecule has 3 nitrogen and oxygen atoms in total. The SMILES string of the molecule is C=CC(=O)NCc1ccc(-c2ccncc2)cc1. The molecule has 0 atom stereocenters. The lowest BCUT2D eigenvalue weighted by Crippen LogP contribution is -2.19. The van der Waals surface area contributed by atoms with Crippen molar-refractivity contribution in [2.75, 3.05) is 0 Å². The van der Waals surface area contributed by atoms with Crippen LogP contribution in [0.5, 0.6) is 0 Å². The van der Waals surface area contributed by atoms with Crippen molar-refractivity contribution in [2.45, 2.75) is 6.54 Å². The van der Waals surface area contributed by atoms with Crippen LogP contribution in [0.15, 0.2) is 61.4 Å². The normalized spacial score (nSPS) is 9.78. The van der Waals surface area contributed by atoms with Gasteiger partial charge in [0.25, 0.3) is 0 Å². The van der Waals surface area contributed by atoms with Gasteiger partial charge in [-0.3, -0.25) is 9.78 Å². The van der Waals surface area contributed by atoms with Crippen molar-refractivity contribution in [3.05, 3.63) is 67.0 Å². The summed E-state index contributed by atoms with van der Waals surface area (Å²) in [6.45, 7) is 3.92. The van der Waals surface area contributed by atoms with Gasteiger partial charge >= 0.3 is 0 Å². The summed E-state index contributed by atoms with van der Waals surface area (Å²) in [7, 11) is 0. The topological polar surface area (TPSA) is 42.0 Å². The van der Waals surface area contributed by atoms with Crippen molar-refractivity contribution in [2.24, 2.45) is 0 Å². The Hall–Kier alpha value is -2.42. The maximum atomic E-state index is 11.0. The molecular formula is C15H14N2O. The molecule has 1 heterocycles. The van der Waals surface area contributed by atoms with Crippen molar-refractivity contribution in [3.8, 4) is 11.1 Å². The van der Waals surface area contributed by atoms with E-state index in [0.29, 0.717) is 6.54 Å². The maximum Gasteiger partial charge on any atom is 0.243 e. The monoisotopic (exact) mass is 238 g/mol. The molecule has 90 valence electrons. The molecule has 1 aromatic heterocycles. The summed E-state index contributed by atoms with van der Waals surface area (Å²) in [6.07, 6.45) is 4.81. The number of nitrogens with zero attached hydrogens (tertiary/aromatic N) is 1. The summed E-state index contributed by atoms with van der Waals surface area (Å²) in [5.41, 5.74) is 3.32. The zero-order valence-corrected chi connectivity index (χ0v) is 9.97. The van der Waals surface area contributed by atoms with Crippen LogP contribution in [-0.4, -0.2) is 10.9 Å². The van der Waals surface area contributed by atoms with Gasteiger partial charge in [-0.1, -0.05) is 30.8 Å². The molecule has 0 aliphatic carbocycles. The predicted molar refractivity (Wildman–Crippen MR) is 71.7 cm³/mol. The molecule has 0 saturated heterocycles. The summed E-state index contributed by atoms with van der Waals surface area (Å²) in [5.74, 6) is -0.159. The van der Waals surface area contributed by atoms with E-state index in [2.05, 4.69) is 16.9 Å². The van der Waals surface area contributed by atoms with Gasteiger partial charge in [-0.05, 0) is 34.9 Å². The lowest BCUT2D eigenvalue weighted by Gasteiger charge is -2.05. The molecule has 0 spiro atoms. The molecule has 0 radical (unpaired) electrons. The summed E-state index contributed by atoms with van der Waals surface area (Å²) < 4.78 is 0. The van der Waals surface area contributed by atoms with Crippen molar-refractivity contribution in [1.82, 2.24) is 10.3 Å². The van der Waals surface area contributed by atoms with Gasteiger partial charge in [0.1, 0.15) is 0 Å². The van der Waals surface area contributed by atoms with Crippen LogP contribution in [0, 0.1) is 0 Å². The van der Waals surface area contributed by atoms with Gasteiger partial charge in [0.15, 0.2) is 0 Å². The van der Waals surface area contributed by atoms with E-state index in [9.17, 15) is 4.79 Å². The van der Waals surface area contributed by atoms with E-state index in [-0.39, 0.29) is 5.91 Å². The quantitative estimate of drug-likeness (QED) is 0.832. The number of aromatic nitrogens is 1. The van der Waals surface area contributed by atoms with Crippen LogP contribution >= 0.6 is 0 Å². The zero-order chi connectivity index (χ0) is 12.8. The molecule has 1 amide bonds.